The lowest BCUT2D eigenvalue weighted by atomic mass is 9.60. The molecule has 4 heterocycles. The highest BCUT2D eigenvalue weighted by molar-refractivity contribution is 6.89. The van der Waals surface area contributed by atoms with Gasteiger partial charge in [-0.1, -0.05) is 164 Å². The van der Waals surface area contributed by atoms with E-state index in [9.17, 15) is 0 Å². The fraction of sp³-hybridized carbons (Fsp3) is 0. The fourth-order valence-corrected chi connectivity index (χ4v) is 10.1. The lowest BCUT2D eigenvalue weighted by Gasteiger charge is -2.33. The quantitative estimate of drug-likeness (QED) is 0.157. The number of hydrogen-bond acceptors (Lipinski definition) is 3. The van der Waals surface area contributed by atoms with Crippen molar-refractivity contribution >= 4 is 103 Å². The summed E-state index contributed by atoms with van der Waals surface area (Å²) in [6, 6.07) is 76.9. The number of hydrogen-bond donors (Lipinski definition) is 0. The molecule has 12 aromatic rings. The average molecular weight is 807 g/mol. The van der Waals surface area contributed by atoms with Crippen molar-refractivity contribution in [2.24, 2.45) is 0 Å². The van der Waals surface area contributed by atoms with Gasteiger partial charge >= 0.3 is 21.4 Å². The van der Waals surface area contributed by atoms with Gasteiger partial charge in [0, 0.05) is 65.8 Å². The maximum absolute atomic E-state index is 7.31. The van der Waals surface area contributed by atoms with Crippen LogP contribution in [0.1, 0.15) is 0 Å². The zero-order chi connectivity index (χ0) is 41.4. The summed E-state index contributed by atoms with van der Waals surface area (Å²) in [7, 11) is -2.50. The Labute approximate surface area is 364 Å². The molecule has 9 aromatic carbocycles. The van der Waals surface area contributed by atoms with E-state index in [4.69, 9.17) is 13.7 Å². The highest BCUT2D eigenvalue weighted by atomic mass is 16.7. The Morgan fingerprint density at radius 2 is 0.492 bits per heavy atom. The third kappa shape index (κ3) is 5.61. The molecule has 6 nitrogen and oxygen atoms in total. The molecule has 9 heteroatoms. The van der Waals surface area contributed by atoms with Crippen molar-refractivity contribution in [1.82, 2.24) is 13.7 Å². The van der Waals surface area contributed by atoms with E-state index in [1.807, 2.05) is 0 Å². The van der Waals surface area contributed by atoms with Crippen LogP contribution >= 0.6 is 0 Å². The van der Waals surface area contributed by atoms with Gasteiger partial charge in [-0.25, -0.2) is 0 Å². The zero-order valence-corrected chi connectivity index (χ0v) is 34.1. The zero-order valence-electron chi connectivity index (χ0n) is 34.1. The van der Waals surface area contributed by atoms with E-state index >= 15 is 0 Å². The fourth-order valence-electron chi connectivity index (χ4n) is 10.1. The van der Waals surface area contributed by atoms with Crippen LogP contribution in [0.3, 0.4) is 0 Å². The van der Waals surface area contributed by atoms with Gasteiger partial charge < -0.3 is 27.4 Å². The number of para-hydroxylation sites is 9. The van der Waals surface area contributed by atoms with Gasteiger partial charge in [-0.15, -0.1) is 0 Å². The van der Waals surface area contributed by atoms with Gasteiger partial charge in [0.2, 0.25) is 0 Å². The summed E-state index contributed by atoms with van der Waals surface area (Å²) >= 11 is 0. The van der Waals surface area contributed by atoms with Crippen LogP contribution in [0.25, 0.3) is 82.5 Å². The van der Waals surface area contributed by atoms with Gasteiger partial charge in [-0.2, -0.15) is 0 Å². The Morgan fingerprint density at radius 1 is 0.238 bits per heavy atom. The SMILES string of the molecule is c1ccc(-n2c3ccccc3c3cccc(B4OB(c5cccc6c7ccccc7n(-c7ccccc7)c56)OB(c5cccc6c7ccccc7n(-c7ccccc7)c56)O4)c32)cc1. The summed E-state index contributed by atoms with van der Waals surface area (Å²) in [4.78, 5) is 0. The van der Waals surface area contributed by atoms with Gasteiger partial charge in [0.15, 0.2) is 0 Å². The molecule has 0 atom stereocenters. The standard InChI is InChI=1S/C54H36B3N3O3/c1-4-19-37(20-5-1)58-49-34-13-10-25-40(49)43-28-16-31-46(52(43)58)55-61-56(47-32-17-29-44-41-26-11-14-35-50(41)59(53(44)47)38-21-6-2-7-22-38)63-57(62-55)48-33-18-30-45-42-27-12-15-36-51(42)60(54(45)48)39-23-8-3-9-24-39/h1-36H. The van der Waals surface area contributed by atoms with Crippen molar-refractivity contribution in [2.75, 3.05) is 0 Å². The summed E-state index contributed by atoms with van der Waals surface area (Å²) in [6.45, 7) is 0. The van der Waals surface area contributed by atoms with E-state index in [0.717, 1.165) is 98.9 Å². The van der Waals surface area contributed by atoms with Crippen LogP contribution in [0.4, 0.5) is 0 Å². The van der Waals surface area contributed by atoms with Gasteiger partial charge in [-0.05, 0) is 54.6 Å². The van der Waals surface area contributed by atoms with Crippen molar-refractivity contribution in [3.8, 4) is 17.1 Å². The second-order valence-electron chi connectivity index (χ2n) is 16.2. The van der Waals surface area contributed by atoms with Crippen LogP contribution in [0.5, 0.6) is 0 Å². The number of nitrogens with zero attached hydrogens (tertiary/aromatic N) is 3. The molecule has 63 heavy (non-hydrogen) atoms. The lowest BCUT2D eigenvalue weighted by Crippen LogP contribution is -2.61. The van der Waals surface area contributed by atoms with E-state index in [-0.39, 0.29) is 0 Å². The van der Waals surface area contributed by atoms with Crippen LogP contribution in [0.2, 0.25) is 0 Å². The van der Waals surface area contributed by atoms with E-state index < -0.39 is 21.4 Å². The minimum absolute atomic E-state index is 0.834. The molecule has 0 radical (unpaired) electrons. The second kappa shape index (κ2) is 14.5. The summed E-state index contributed by atoms with van der Waals surface area (Å²) in [5.74, 6) is 0. The molecule has 1 fully saturated rings. The molecule has 0 bridgehead atoms. The predicted octanol–water partition coefficient (Wildman–Crippen LogP) is 10.5. The maximum Gasteiger partial charge on any atom is 0.469 e. The third-order valence-electron chi connectivity index (χ3n) is 12.7. The maximum atomic E-state index is 7.31. The van der Waals surface area contributed by atoms with E-state index in [2.05, 4.69) is 232 Å². The first kappa shape index (κ1) is 36.1. The van der Waals surface area contributed by atoms with Crippen LogP contribution in [0, 0.1) is 0 Å². The van der Waals surface area contributed by atoms with Crippen LogP contribution in [-0.2, 0) is 13.7 Å². The molecule has 1 saturated heterocycles. The van der Waals surface area contributed by atoms with Crippen molar-refractivity contribution in [3.63, 3.8) is 0 Å². The van der Waals surface area contributed by atoms with E-state index in [1.54, 1.807) is 0 Å². The highest BCUT2D eigenvalue weighted by Gasteiger charge is 2.46. The van der Waals surface area contributed by atoms with Crippen molar-refractivity contribution in [2.45, 2.75) is 0 Å². The first-order chi connectivity index (χ1) is 31.3. The Kier molecular flexibility index (Phi) is 8.34. The third-order valence-corrected chi connectivity index (χ3v) is 12.7. The average Bonchev–Trinajstić information content (AvgIpc) is 4.01. The van der Waals surface area contributed by atoms with Gasteiger partial charge in [0.25, 0.3) is 0 Å². The van der Waals surface area contributed by atoms with Crippen LogP contribution < -0.4 is 16.4 Å². The van der Waals surface area contributed by atoms with Gasteiger partial charge in [0.05, 0.1) is 33.1 Å². The summed E-state index contributed by atoms with van der Waals surface area (Å²) in [5.41, 5.74) is 12.4. The molecule has 294 valence electrons. The molecule has 1 aliphatic heterocycles. The number of aromatic nitrogens is 3. The molecule has 0 saturated carbocycles. The van der Waals surface area contributed by atoms with Crippen LogP contribution in [-0.4, -0.2) is 35.1 Å². The van der Waals surface area contributed by atoms with Crippen molar-refractivity contribution in [3.05, 3.63) is 218 Å². The Balaban J connectivity index is 1.08. The molecule has 3 aromatic heterocycles. The van der Waals surface area contributed by atoms with Crippen molar-refractivity contribution in [1.29, 1.82) is 0 Å². The first-order valence-electron chi connectivity index (χ1n) is 21.5. The largest absolute Gasteiger partial charge is 0.469 e. The van der Waals surface area contributed by atoms with Gasteiger partial charge in [0.1, 0.15) is 0 Å². The minimum atomic E-state index is -0.834. The first-order valence-corrected chi connectivity index (χ1v) is 21.5. The monoisotopic (exact) mass is 807 g/mol. The molecule has 0 aliphatic carbocycles. The molecular weight excluding hydrogens is 771 g/mol. The topological polar surface area (TPSA) is 42.5 Å². The molecular formula is C54H36B3N3O3. The summed E-state index contributed by atoms with van der Waals surface area (Å²) < 4.78 is 28.9. The Bertz CT molecular complexity index is 3310. The molecule has 1 aliphatic rings. The van der Waals surface area contributed by atoms with Crippen LogP contribution in [0.15, 0.2) is 218 Å². The van der Waals surface area contributed by atoms with Crippen molar-refractivity contribution < 1.29 is 13.7 Å². The number of benzene rings is 9. The molecule has 0 spiro atoms. The normalized spacial score (nSPS) is 13.4. The Hall–Kier alpha value is -7.55. The number of rotatable bonds is 6. The predicted molar refractivity (Wildman–Crippen MR) is 262 cm³/mol. The summed E-state index contributed by atoms with van der Waals surface area (Å²) in [5, 5.41) is 6.84. The van der Waals surface area contributed by atoms with E-state index in [1.165, 1.54) is 0 Å². The Morgan fingerprint density at radius 3 is 0.794 bits per heavy atom. The van der Waals surface area contributed by atoms with Gasteiger partial charge in [-0.3, -0.25) is 0 Å². The highest BCUT2D eigenvalue weighted by Crippen LogP contribution is 2.35. The number of fused-ring (bicyclic) bond motifs is 9. The van der Waals surface area contributed by atoms with E-state index in [0.29, 0.717) is 0 Å². The summed E-state index contributed by atoms with van der Waals surface area (Å²) in [6.07, 6.45) is 0. The molecule has 0 amide bonds. The molecule has 13 rings (SSSR count). The smallest absolute Gasteiger partial charge is 0.444 e. The lowest BCUT2D eigenvalue weighted by molar-refractivity contribution is 0.309. The minimum Gasteiger partial charge on any atom is -0.444 e. The molecule has 0 N–H and O–H groups in total. The molecule has 0 unspecified atom stereocenters. The second-order valence-corrected chi connectivity index (χ2v) is 16.2.